The smallest absolute Gasteiger partial charge is 0.341 e. The first kappa shape index (κ1) is 18.1. The van der Waals surface area contributed by atoms with E-state index in [1.54, 1.807) is 16.7 Å². The molecule has 0 bridgehead atoms. The predicted octanol–water partition coefficient (Wildman–Crippen LogP) is 2.65. The Morgan fingerprint density at radius 1 is 1.34 bits per heavy atom. The molecule has 150 valence electrons. The van der Waals surface area contributed by atoms with Gasteiger partial charge in [-0.25, -0.2) is 14.2 Å². The van der Waals surface area contributed by atoms with Crippen LogP contribution in [0, 0.1) is 5.82 Å². The van der Waals surface area contributed by atoms with Gasteiger partial charge in [0.05, 0.1) is 22.1 Å². The Labute approximate surface area is 165 Å². The summed E-state index contributed by atoms with van der Waals surface area (Å²) in [6.07, 6.45) is 4.03. The van der Waals surface area contributed by atoms with Crippen LogP contribution in [0.25, 0.3) is 21.9 Å². The molecule has 0 radical (unpaired) electrons. The molecule has 3 heterocycles. The molecule has 0 spiro atoms. The Hall–Kier alpha value is -3.00. The Morgan fingerprint density at radius 2 is 2.07 bits per heavy atom. The molecule has 1 aliphatic carbocycles. The van der Waals surface area contributed by atoms with Gasteiger partial charge in [0.15, 0.2) is 0 Å². The van der Waals surface area contributed by atoms with Crippen LogP contribution in [0.4, 0.5) is 10.1 Å². The molecule has 3 aromatic rings. The van der Waals surface area contributed by atoms with Gasteiger partial charge >= 0.3 is 5.97 Å². The lowest BCUT2D eigenvalue weighted by Gasteiger charge is -2.48. The quantitative estimate of drug-likeness (QED) is 0.658. The first-order valence-corrected chi connectivity index (χ1v) is 9.76. The van der Waals surface area contributed by atoms with Gasteiger partial charge in [-0.05, 0) is 37.5 Å². The fourth-order valence-corrected chi connectivity index (χ4v) is 4.07. The number of rotatable bonds is 4. The van der Waals surface area contributed by atoms with E-state index in [-0.39, 0.29) is 22.5 Å². The summed E-state index contributed by atoms with van der Waals surface area (Å²) >= 11 is 0. The highest BCUT2D eigenvalue weighted by atomic mass is 19.1. The third-order valence-corrected chi connectivity index (χ3v) is 6.09. The summed E-state index contributed by atoms with van der Waals surface area (Å²) in [5.41, 5.74) is 6.49. The molecule has 1 aromatic carbocycles. The maximum Gasteiger partial charge on any atom is 0.341 e. The molecule has 1 aliphatic heterocycles. The first-order valence-electron chi connectivity index (χ1n) is 9.76. The third-order valence-electron chi connectivity index (χ3n) is 6.09. The maximum absolute atomic E-state index is 14.8. The molecule has 7 nitrogen and oxygen atoms in total. The van der Waals surface area contributed by atoms with Crippen molar-refractivity contribution >= 4 is 33.6 Å². The average Bonchev–Trinajstić information content (AvgIpc) is 3.49. The van der Waals surface area contributed by atoms with Crippen LogP contribution in [-0.2, 0) is 0 Å². The Morgan fingerprint density at radius 3 is 2.69 bits per heavy atom. The van der Waals surface area contributed by atoms with Crippen molar-refractivity contribution in [2.45, 2.75) is 37.8 Å². The van der Waals surface area contributed by atoms with Crippen LogP contribution in [0.15, 0.2) is 29.2 Å². The highest BCUT2D eigenvalue weighted by molar-refractivity contribution is 5.97. The van der Waals surface area contributed by atoms with Crippen LogP contribution in [0.1, 0.15) is 42.6 Å². The van der Waals surface area contributed by atoms with E-state index in [0.29, 0.717) is 35.3 Å². The zero-order chi connectivity index (χ0) is 20.5. The van der Waals surface area contributed by atoms with E-state index < -0.39 is 17.2 Å². The zero-order valence-electron chi connectivity index (χ0n) is 16.0. The number of carboxylic acids is 1. The van der Waals surface area contributed by atoms with Crippen molar-refractivity contribution in [1.29, 1.82) is 0 Å². The molecule has 8 heteroatoms. The number of benzene rings is 1. The van der Waals surface area contributed by atoms with E-state index in [4.69, 9.17) is 5.73 Å². The number of anilines is 1. The zero-order valence-corrected chi connectivity index (χ0v) is 16.0. The van der Waals surface area contributed by atoms with E-state index in [0.717, 1.165) is 19.3 Å². The lowest BCUT2D eigenvalue weighted by atomic mass is 9.87. The summed E-state index contributed by atoms with van der Waals surface area (Å²) in [6, 6.07) is 4.73. The summed E-state index contributed by atoms with van der Waals surface area (Å²) in [6.45, 7) is 3.17. The number of halogens is 1. The highest BCUT2D eigenvalue weighted by Crippen LogP contribution is 2.38. The normalized spacial score (nSPS) is 18.2. The third kappa shape index (κ3) is 2.78. The summed E-state index contributed by atoms with van der Waals surface area (Å²) in [4.78, 5) is 30.7. The summed E-state index contributed by atoms with van der Waals surface area (Å²) in [7, 11) is 0. The largest absolute Gasteiger partial charge is 0.477 e. The van der Waals surface area contributed by atoms with Gasteiger partial charge in [0.2, 0.25) is 5.43 Å². The Balaban J connectivity index is 1.70. The maximum atomic E-state index is 14.8. The summed E-state index contributed by atoms with van der Waals surface area (Å²) in [5.74, 6) is -1.68. The molecular formula is C21H21FN4O3. The second-order valence-electron chi connectivity index (χ2n) is 8.24. The summed E-state index contributed by atoms with van der Waals surface area (Å²) < 4.78 is 16.6. The number of carboxylic acid groups (broad SMARTS) is 1. The molecular weight excluding hydrogens is 375 g/mol. The molecule has 3 N–H and O–H groups in total. The van der Waals surface area contributed by atoms with Gasteiger partial charge in [-0.1, -0.05) is 6.92 Å². The van der Waals surface area contributed by atoms with Gasteiger partial charge < -0.3 is 20.3 Å². The van der Waals surface area contributed by atoms with Crippen LogP contribution in [0.2, 0.25) is 0 Å². The van der Waals surface area contributed by atoms with Crippen LogP contribution in [-0.4, -0.2) is 39.3 Å². The number of aromatic carboxylic acids is 1. The van der Waals surface area contributed by atoms with Crippen LogP contribution in [0.5, 0.6) is 0 Å². The Bertz CT molecular complexity index is 1240. The minimum absolute atomic E-state index is 0.138. The molecule has 0 amide bonds. The molecule has 1 saturated heterocycles. The van der Waals surface area contributed by atoms with E-state index in [1.807, 2.05) is 11.8 Å². The standard InChI is InChI=1S/C21H21FN4O3/c1-2-21(23)9-25(10-21)17-7-16-11(6-15(17)22)5-13-18(27)14(20(28)29)8-26(12-3-4-12)19(13)24-16/h5-8,12H,2-4,9-10,23H2,1H3,(H,28,29). The van der Waals surface area contributed by atoms with E-state index in [2.05, 4.69) is 4.98 Å². The fourth-order valence-electron chi connectivity index (χ4n) is 4.07. The lowest BCUT2D eigenvalue weighted by molar-refractivity contribution is 0.0695. The van der Waals surface area contributed by atoms with Crippen LogP contribution >= 0.6 is 0 Å². The van der Waals surface area contributed by atoms with Crippen LogP contribution < -0.4 is 16.1 Å². The van der Waals surface area contributed by atoms with Gasteiger partial charge in [-0.3, -0.25) is 4.79 Å². The predicted molar refractivity (Wildman–Crippen MR) is 108 cm³/mol. The monoisotopic (exact) mass is 396 g/mol. The number of hydrogen-bond acceptors (Lipinski definition) is 5. The van der Waals surface area contributed by atoms with Crippen molar-refractivity contribution in [3.05, 3.63) is 46.0 Å². The van der Waals surface area contributed by atoms with E-state index >= 15 is 0 Å². The van der Waals surface area contributed by atoms with Gasteiger partial charge in [-0.15, -0.1) is 0 Å². The second kappa shape index (κ2) is 6.00. The summed E-state index contributed by atoms with van der Waals surface area (Å²) in [5, 5.41) is 10.1. The van der Waals surface area contributed by atoms with Gasteiger partial charge in [0.25, 0.3) is 0 Å². The van der Waals surface area contributed by atoms with Crippen molar-refractivity contribution in [2.75, 3.05) is 18.0 Å². The number of nitrogens with zero attached hydrogens (tertiary/aromatic N) is 3. The average molecular weight is 396 g/mol. The van der Waals surface area contributed by atoms with Gasteiger partial charge in [0, 0.05) is 30.7 Å². The van der Waals surface area contributed by atoms with Crippen molar-refractivity contribution in [2.24, 2.45) is 5.73 Å². The number of hydrogen-bond donors (Lipinski definition) is 2. The Kier molecular flexibility index (Phi) is 3.73. The van der Waals surface area contributed by atoms with E-state index in [1.165, 1.54) is 12.3 Å². The van der Waals surface area contributed by atoms with Gasteiger partial charge in [-0.2, -0.15) is 0 Å². The fraction of sp³-hybridized carbons (Fsp3) is 0.381. The molecule has 2 aromatic heterocycles. The van der Waals surface area contributed by atoms with Crippen molar-refractivity contribution in [3.63, 3.8) is 0 Å². The molecule has 2 fully saturated rings. The number of carbonyl (C=O) groups is 1. The van der Waals surface area contributed by atoms with Gasteiger partial charge in [0.1, 0.15) is 17.0 Å². The first-order chi connectivity index (χ1) is 13.8. The molecule has 2 aliphatic rings. The molecule has 0 atom stereocenters. The molecule has 5 rings (SSSR count). The number of fused-ring (bicyclic) bond motifs is 2. The van der Waals surface area contributed by atoms with Crippen molar-refractivity contribution in [3.8, 4) is 0 Å². The minimum Gasteiger partial charge on any atom is -0.477 e. The minimum atomic E-state index is -1.27. The topological polar surface area (TPSA) is 101 Å². The molecule has 0 unspecified atom stereocenters. The van der Waals surface area contributed by atoms with E-state index in [9.17, 15) is 19.1 Å². The van der Waals surface area contributed by atoms with Crippen LogP contribution in [0.3, 0.4) is 0 Å². The SMILES string of the molecule is CCC1(N)CN(c2cc3nc4c(cc3cc2F)c(=O)c(C(=O)O)cn4C2CC2)C1. The lowest BCUT2D eigenvalue weighted by Crippen LogP contribution is -2.67. The number of nitrogens with two attached hydrogens (primary N) is 1. The number of pyridine rings is 2. The van der Waals surface area contributed by atoms with Crippen molar-refractivity contribution in [1.82, 2.24) is 9.55 Å². The number of aromatic nitrogens is 2. The second-order valence-corrected chi connectivity index (χ2v) is 8.24. The molecule has 1 saturated carbocycles. The molecule has 29 heavy (non-hydrogen) atoms. The highest BCUT2D eigenvalue weighted by Gasteiger charge is 2.39. The van der Waals surface area contributed by atoms with Crippen molar-refractivity contribution < 1.29 is 14.3 Å².